The minimum Gasteiger partial charge on any atom is -0.399 e. The zero-order chi connectivity index (χ0) is 13.7. The summed E-state index contributed by atoms with van der Waals surface area (Å²) in [4.78, 5) is 8.60. The van der Waals surface area contributed by atoms with E-state index in [-0.39, 0.29) is 0 Å². The van der Waals surface area contributed by atoms with Gasteiger partial charge in [-0.25, -0.2) is 9.97 Å². The van der Waals surface area contributed by atoms with Crippen LogP contribution in [0.2, 0.25) is 0 Å². The van der Waals surface area contributed by atoms with Crippen LogP contribution in [0.25, 0.3) is 10.9 Å². The van der Waals surface area contributed by atoms with Crippen LogP contribution >= 0.6 is 0 Å². The fourth-order valence-electron chi connectivity index (χ4n) is 2.20. The molecule has 0 aliphatic carbocycles. The van der Waals surface area contributed by atoms with Crippen LogP contribution in [-0.4, -0.2) is 16.0 Å². The second-order valence-corrected chi connectivity index (χ2v) is 5.04. The van der Waals surface area contributed by atoms with E-state index < -0.39 is 0 Å². The van der Waals surface area contributed by atoms with Gasteiger partial charge in [-0.2, -0.15) is 0 Å². The topological polar surface area (TPSA) is 63.8 Å². The first-order chi connectivity index (χ1) is 9.20. The number of nitrogens with zero attached hydrogens (tertiary/aromatic N) is 2. The highest BCUT2D eigenvalue weighted by Crippen LogP contribution is 2.22. The van der Waals surface area contributed by atoms with Crippen molar-refractivity contribution in [1.29, 1.82) is 0 Å². The number of fused-ring (bicyclic) bond motifs is 1. The highest BCUT2D eigenvalue weighted by molar-refractivity contribution is 5.91. The molecule has 4 heteroatoms. The maximum Gasteiger partial charge on any atom is 0.137 e. The van der Waals surface area contributed by atoms with Crippen molar-refractivity contribution in [2.24, 2.45) is 0 Å². The molecule has 2 aromatic rings. The van der Waals surface area contributed by atoms with Crippen molar-refractivity contribution < 1.29 is 0 Å². The van der Waals surface area contributed by atoms with E-state index in [9.17, 15) is 0 Å². The smallest absolute Gasteiger partial charge is 0.137 e. The summed E-state index contributed by atoms with van der Waals surface area (Å²) in [7, 11) is 0. The third kappa shape index (κ3) is 3.56. The molecule has 1 unspecified atom stereocenters. The molecule has 0 aliphatic heterocycles. The molecule has 4 nitrogen and oxygen atoms in total. The number of benzene rings is 1. The summed E-state index contributed by atoms with van der Waals surface area (Å²) < 4.78 is 0. The lowest BCUT2D eigenvalue weighted by Crippen LogP contribution is -2.16. The first-order valence-electron chi connectivity index (χ1n) is 6.97. The van der Waals surface area contributed by atoms with E-state index in [1.165, 1.54) is 19.3 Å². The van der Waals surface area contributed by atoms with Gasteiger partial charge >= 0.3 is 0 Å². The standard InChI is InChI=1S/C15H22N4/c1-3-4-5-6-11(2)19-15-13-9-12(16)7-8-14(13)17-10-18-15/h7-11H,3-6,16H2,1-2H3,(H,17,18,19). The number of hydrogen-bond donors (Lipinski definition) is 2. The Morgan fingerprint density at radius 2 is 2.11 bits per heavy atom. The number of rotatable bonds is 6. The lowest BCUT2D eigenvalue weighted by molar-refractivity contribution is 0.614. The van der Waals surface area contributed by atoms with E-state index in [1.807, 2.05) is 18.2 Å². The number of hydrogen-bond acceptors (Lipinski definition) is 4. The minimum atomic E-state index is 0.408. The molecule has 0 fully saturated rings. The molecule has 0 saturated heterocycles. The molecule has 0 aliphatic rings. The van der Waals surface area contributed by atoms with Crippen LogP contribution in [-0.2, 0) is 0 Å². The summed E-state index contributed by atoms with van der Waals surface area (Å²) in [5.41, 5.74) is 7.50. The van der Waals surface area contributed by atoms with Crippen molar-refractivity contribution in [3.05, 3.63) is 24.5 Å². The molecule has 0 spiro atoms. The monoisotopic (exact) mass is 258 g/mol. The van der Waals surface area contributed by atoms with Gasteiger partial charge < -0.3 is 11.1 Å². The van der Waals surface area contributed by atoms with Crippen molar-refractivity contribution in [2.75, 3.05) is 11.1 Å². The fourth-order valence-corrected chi connectivity index (χ4v) is 2.20. The van der Waals surface area contributed by atoms with Crippen molar-refractivity contribution in [2.45, 2.75) is 45.6 Å². The number of nitrogens with one attached hydrogen (secondary N) is 1. The van der Waals surface area contributed by atoms with Gasteiger partial charge in [0, 0.05) is 17.1 Å². The van der Waals surface area contributed by atoms with Crippen LogP contribution in [0.3, 0.4) is 0 Å². The molecule has 1 aromatic heterocycles. The van der Waals surface area contributed by atoms with Crippen LogP contribution in [0.1, 0.15) is 39.5 Å². The van der Waals surface area contributed by atoms with Gasteiger partial charge in [0.05, 0.1) is 5.52 Å². The number of unbranched alkanes of at least 4 members (excludes halogenated alkanes) is 2. The van der Waals surface area contributed by atoms with Crippen LogP contribution in [0, 0.1) is 0 Å². The Morgan fingerprint density at radius 1 is 1.26 bits per heavy atom. The van der Waals surface area contributed by atoms with E-state index in [1.54, 1.807) is 6.33 Å². The molecule has 1 atom stereocenters. The molecule has 2 rings (SSSR count). The molecular formula is C15H22N4. The Bertz CT molecular complexity index is 539. The van der Waals surface area contributed by atoms with Crippen molar-refractivity contribution in [3.8, 4) is 0 Å². The third-order valence-electron chi connectivity index (χ3n) is 3.28. The van der Waals surface area contributed by atoms with Crippen LogP contribution in [0.5, 0.6) is 0 Å². The molecule has 0 radical (unpaired) electrons. The largest absolute Gasteiger partial charge is 0.399 e. The van der Waals surface area contributed by atoms with Gasteiger partial charge in [0.25, 0.3) is 0 Å². The molecular weight excluding hydrogens is 236 g/mol. The molecule has 0 amide bonds. The molecule has 19 heavy (non-hydrogen) atoms. The Hall–Kier alpha value is -1.84. The average molecular weight is 258 g/mol. The van der Waals surface area contributed by atoms with Crippen LogP contribution in [0.4, 0.5) is 11.5 Å². The fraction of sp³-hybridized carbons (Fsp3) is 0.467. The predicted molar refractivity (Wildman–Crippen MR) is 81.2 cm³/mol. The number of aromatic nitrogens is 2. The maximum atomic E-state index is 5.84. The third-order valence-corrected chi connectivity index (χ3v) is 3.28. The van der Waals surface area contributed by atoms with E-state index >= 15 is 0 Å². The summed E-state index contributed by atoms with van der Waals surface area (Å²) >= 11 is 0. The van der Waals surface area contributed by atoms with Crippen molar-refractivity contribution >= 4 is 22.4 Å². The summed E-state index contributed by atoms with van der Waals surface area (Å²) in [5.74, 6) is 0.876. The van der Waals surface area contributed by atoms with E-state index in [2.05, 4.69) is 29.1 Å². The molecule has 1 heterocycles. The second-order valence-electron chi connectivity index (χ2n) is 5.04. The zero-order valence-corrected chi connectivity index (χ0v) is 11.7. The zero-order valence-electron chi connectivity index (χ0n) is 11.7. The Labute approximate surface area is 114 Å². The van der Waals surface area contributed by atoms with Gasteiger partial charge in [-0.1, -0.05) is 26.2 Å². The maximum absolute atomic E-state index is 5.84. The van der Waals surface area contributed by atoms with Gasteiger partial charge in [-0.05, 0) is 31.5 Å². The Balaban J connectivity index is 2.13. The molecule has 102 valence electrons. The van der Waals surface area contributed by atoms with E-state index in [0.29, 0.717) is 6.04 Å². The SMILES string of the molecule is CCCCCC(C)Nc1ncnc2ccc(N)cc12. The van der Waals surface area contributed by atoms with Crippen LogP contribution < -0.4 is 11.1 Å². The first-order valence-corrected chi connectivity index (χ1v) is 6.97. The molecule has 0 bridgehead atoms. The first kappa shape index (κ1) is 13.6. The second kappa shape index (κ2) is 6.36. The van der Waals surface area contributed by atoms with Gasteiger partial charge in [0.2, 0.25) is 0 Å². The van der Waals surface area contributed by atoms with Gasteiger partial charge in [-0.15, -0.1) is 0 Å². The lowest BCUT2D eigenvalue weighted by Gasteiger charge is -2.15. The highest BCUT2D eigenvalue weighted by Gasteiger charge is 2.07. The average Bonchev–Trinajstić information content (AvgIpc) is 2.40. The normalized spacial score (nSPS) is 12.5. The summed E-state index contributed by atoms with van der Waals surface area (Å²) in [5, 5.41) is 4.45. The number of nitrogen functional groups attached to an aromatic ring is 1. The van der Waals surface area contributed by atoms with E-state index in [0.717, 1.165) is 28.8 Å². The molecule has 1 aromatic carbocycles. The van der Waals surface area contributed by atoms with Crippen molar-refractivity contribution in [3.63, 3.8) is 0 Å². The quantitative estimate of drug-likeness (QED) is 0.614. The summed E-state index contributed by atoms with van der Waals surface area (Å²) in [6, 6.07) is 6.13. The number of nitrogens with two attached hydrogens (primary N) is 1. The molecule has 0 saturated carbocycles. The van der Waals surface area contributed by atoms with Crippen LogP contribution in [0.15, 0.2) is 24.5 Å². The van der Waals surface area contributed by atoms with E-state index in [4.69, 9.17) is 5.73 Å². The highest BCUT2D eigenvalue weighted by atomic mass is 15.0. The predicted octanol–water partition coefficient (Wildman–Crippen LogP) is 3.59. The van der Waals surface area contributed by atoms with Gasteiger partial charge in [0.15, 0.2) is 0 Å². The summed E-state index contributed by atoms with van der Waals surface area (Å²) in [6.45, 7) is 4.41. The molecule has 3 N–H and O–H groups in total. The summed E-state index contributed by atoms with van der Waals surface area (Å²) in [6.07, 6.45) is 6.53. The lowest BCUT2D eigenvalue weighted by atomic mass is 10.1. The minimum absolute atomic E-state index is 0.408. The van der Waals surface area contributed by atoms with Gasteiger partial charge in [-0.3, -0.25) is 0 Å². The van der Waals surface area contributed by atoms with Gasteiger partial charge in [0.1, 0.15) is 12.1 Å². The van der Waals surface area contributed by atoms with Crippen molar-refractivity contribution in [1.82, 2.24) is 9.97 Å². The Morgan fingerprint density at radius 3 is 2.89 bits per heavy atom. The Kier molecular flexibility index (Phi) is 4.55. The number of anilines is 2.